The van der Waals surface area contributed by atoms with Crippen LogP contribution in [-0.2, 0) is 14.3 Å². The zero-order chi connectivity index (χ0) is 31.3. The van der Waals surface area contributed by atoms with Gasteiger partial charge < -0.3 is 14.6 Å². The zero-order valence-electron chi connectivity index (χ0n) is 29.5. The molecule has 0 spiro atoms. The molecule has 0 bridgehead atoms. The quantitative estimate of drug-likeness (QED) is 0.0561. The number of hydrogen-bond acceptors (Lipinski definition) is 4. The molecule has 0 aromatic rings. The summed E-state index contributed by atoms with van der Waals surface area (Å²) in [5, 5.41) is 9.55. The Hall–Kier alpha value is -0.610. The largest absolute Gasteiger partial charge is 0.457 e. The number of unbranched alkanes of at least 4 members (excludes halogenated alkanes) is 29. The molecule has 0 rings (SSSR count). The summed E-state index contributed by atoms with van der Waals surface area (Å²) in [6.07, 6.45) is 41.5. The first-order chi connectivity index (χ1) is 21.2. The van der Waals surface area contributed by atoms with Gasteiger partial charge in [0.15, 0.2) is 0 Å². The molecule has 0 aromatic carbocycles. The summed E-state index contributed by atoms with van der Waals surface area (Å²) in [6.45, 7) is 5.38. The van der Waals surface area contributed by atoms with Gasteiger partial charge in [-0.2, -0.15) is 0 Å². The maximum atomic E-state index is 12.1. The lowest BCUT2D eigenvalue weighted by molar-refractivity contribution is -0.154. The van der Waals surface area contributed by atoms with E-state index in [1.54, 1.807) is 0 Å². The molecule has 1 unspecified atom stereocenters. The summed E-state index contributed by atoms with van der Waals surface area (Å²) in [7, 11) is 0. The molecule has 0 radical (unpaired) electrons. The van der Waals surface area contributed by atoms with Crippen LogP contribution in [0.4, 0.5) is 0 Å². The van der Waals surface area contributed by atoms with Gasteiger partial charge in [-0.3, -0.25) is 4.79 Å². The predicted octanol–water partition coefficient (Wildman–Crippen LogP) is 12.4. The molecule has 1 atom stereocenters. The van der Waals surface area contributed by atoms with Crippen molar-refractivity contribution in [3.63, 3.8) is 0 Å². The third-order valence-electron chi connectivity index (χ3n) is 8.93. The first kappa shape index (κ1) is 42.4. The van der Waals surface area contributed by atoms with Gasteiger partial charge in [-0.15, -0.1) is 0 Å². The van der Waals surface area contributed by atoms with Crippen molar-refractivity contribution in [3.05, 3.63) is 0 Å². The van der Waals surface area contributed by atoms with Gasteiger partial charge in [0.2, 0.25) is 0 Å². The fourth-order valence-electron chi connectivity index (χ4n) is 5.98. The summed E-state index contributed by atoms with van der Waals surface area (Å²) in [6, 6.07) is 0. The normalized spacial score (nSPS) is 12.2. The minimum absolute atomic E-state index is 0.163. The van der Waals surface area contributed by atoms with E-state index < -0.39 is 6.10 Å². The van der Waals surface area contributed by atoms with Crippen LogP contribution in [0, 0.1) is 0 Å². The highest BCUT2D eigenvalue weighted by molar-refractivity contribution is 5.69. The van der Waals surface area contributed by atoms with Crippen LogP contribution in [0.5, 0.6) is 0 Å². The molecule has 0 aliphatic heterocycles. The molecule has 0 saturated heterocycles. The summed E-state index contributed by atoms with van der Waals surface area (Å²) in [5.74, 6) is -0.197. The number of carbonyl (C=O) groups is 1. The summed E-state index contributed by atoms with van der Waals surface area (Å²) < 4.78 is 11.1. The first-order valence-corrected chi connectivity index (χ1v) is 19.6. The lowest BCUT2D eigenvalue weighted by atomic mass is 10.0. The minimum atomic E-state index is -0.523. The Labute approximate surface area is 270 Å². The summed E-state index contributed by atoms with van der Waals surface area (Å²) in [4.78, 5) is 12.1. The molecular formula is C39H78O4. The Kier molecular flexibility index (Phi) is 37.0. The number of ether oxygens (including phenoxy) is 2. The zero-order valence-corrected chi connectivity index (χ0v) is 29.5. The molecule has 0 aliphatic rings. The molecule has 1 N–H and O–H groups in total. The molecule has 4 nitrogen and oxygen atoms in total. The Balaban J connectivity index is 3.33. The molecule has 0 aromatic heterocycles. The van der Waals surface area contributed by atoms with Crippen molar-refractivity contribution >= 4 is 5.97 Å². The van der Waals surface area contributed by atoms with Crippen LogP contribution in [0.1, 0.15) is 219 Å². The minimum Gasteiger partial charge on any atom is -0.457 e. The van der Waals surface area contributed by atoms with Crippen LogP contribution in [0.3, 0.4) is 0 Å². The van der Waals surface area contributed by atoms with Gasteiger partial charge in [0, 0.05) is 13.0 Å². The van der Waals surface area contributed by atoms with E-state index in [2.05, 4.69) is 13.8 Å². The first-order valence-electron chi connectivity index (χ1n) is 19.6. The molecule has 0 aliphatic carbocycles. The molecule has 43 heavy (non-hydrogen) atoms. The Bertz CT molecular complexity index is 523. The molecule has 0 saturated carbocycles. The van der Waals surface area contributed by atoms with Crippen molar-refractivity contribution in [2.24, 2.45) is 0 Å². The predicted molar refractivity (Wildman–Crippen MR) is 187 cm³/mol. The Morgan fingerprint density at radius 3 is 1.09 bits per heavy atom. The van der Waals surface area contributed by atoms with E-state index in [0.29, 0.717) is 19.6 Å². The Morgan fingerprint density at radius 1 is 0.465 bits per heavy atom. The van der Waals surface area contributed by atoms with Gasteiger partial charge in [0.25, 0.3) is 0 Å². The molecule has 258 valence electrons. The highest BCUT2D eigenvalue weighted by atomic mass is 16.6. The summed E-state index contributed by atoms with van der Waals surface area (Å²) in [5.41, 5.74) is 0. The maximum absolute atomic E-state index is 12.1. The van der Waals surface area contributed by atoms with Gasteiger partial charge >= 0.3 is 5.97 Å². The van der Waals surface area contributed by atoms with Crippen molar-refractivity contribution in [1.29, 1.82) is 0 Å². The van der Waals surface area contributed by atoms with Crippen LogP contribution in [0.2, 0.25) is 0 Å². The molecule has 0 amide bonds. The average Bonchev–Trinajstić information content (AvgIpc) is 3.01. The standard InChI is InChI=1S/C39H78O4/c1-3-5-7-9-11-13-15-16-17-18-19-20-21-22-23-25-27-29-31-33-35-42-37-38(36-40)43-39(41)34-32-30-28-26-24-14-12-10-8-6-4-2/h38,40H,3-37H2,1-2H3. The fraction of sp³-hybridized carbons (Fsp3) is 0.974. The molecular weight excluding hydrogens is 532 g/mol. The maximum Gasteiger partial charge on any atom is 0.306 e. The number of aliphatic hydroxyl groups is 1. The second-order valence-corrected chi connectivity index (χ2v) is 13.4. The second-order valence-electron chi connectivity index (χ2n) is 13.4. The van der Waals surface area contributed by atoms with Gasteiger partial charge in [-0.05, 0) is 12.8 Å². The SMILES string of the molecule is CCCCCCCCCCCCCCCCCCCCCCOCC(CO)OC(=O)CCCCCCCCCCCCC. The van der Waals surface area contributed by atoms with Crippen molar-refractivity contribution in [2.75, 3.05) is 19.8 Å². The monoisotopic (exact) mass is 611 g/mol. The molecule has 4 heteroatoms. The van der Waals surface area contributed by atoms with E-state index in [1.165, 1.54) is 180 Å². The van der Waals surface area contributed by atoms with Crippen LogP contribution in [0.25, 0.3) is 0 Å². The van der Waals surface area contributed by atoms with Crippen molar-refractivity contribution < 1.29 is 19.4 Å². The lowest BCUT2D eigenvalue weighted by Crippen LogP contribution is -2.27. The van der Waals surface area contributed by atoms with Gasteiger partial charge in [0.05, 0.1) is 13.2 Å². The summed E-state index contributed by atoms with van der Waals surface area (Å²) >= 11 is 0. The average molecular weight is 611 g/mol. The molecule has 0 fully saturated rings. The van der Waals surface area contributed by atoms with E-state index >= 15 is 0 Å². The number of esters is 1. The topological polar surface area (TPSA) is 55.8 Å². The van der Waals surface area contributed by atoms with E-state index in [1.807, 2.05) is 0 Å². The van der Waals surface area contributed by atoms with Gasteiger partial charge in [-0.25, -0.2) is 0 Å². The van der Waals surface area contributed by atoms with Crippen LogP contribution < -0.4 is 0 Å². The number of rotatable bonds is 37. The van der Waals surface area contributed by atoms with Crippen molar-refractivity contribution in [3.8, 4) is 0 Å². The molecule has 0 heterocycles. The fourth-order valence-corrected chi connectivity index (χ4v) is 5.98. The highest BCUT2D eigenvalue weighted by Gasteiger charge is 2.13. The van der Waals surface area contributed by atoms with Crippen molar-refractivity contribution in [1.82, 2.24) is 0 Å². The van der Waals surface area contributed by atoms with Gasteiger partial charge in [-0.1, -0.05) is 200 Å². The van der Waals surface area contributed by atoms with E-state index in [9.17, 15) is 9.90 Å². The van der Waals surface area contributed by atoms with Gasteiger partial charge in [0.1, 0.15) is 6.10 Å². The van der Waals surface area contributed by atoms with Crippen molar-refractivity contribution in [2.45, 2.75) is 225 Å². The van der Waals surface area contributed by atoms with E-state index in [0.717, 1.165) is 19.3 Å². The smallest absolute Gasteiger partial charge is 0.306 e. The number of hydrogen-bond donors (Lipinski definition) is 1. The van der Waals surface area contributed by atoms with Crippen LogP contribution >= 0.6 is 0 Å². The lowest BCUT2D eigenvalue weighted by Gasteiger charge is -2.16. The van der Waals surface area contributed by atoms with E-state index in [4.69, 9.17) is 9.47 Å². The number of carbonyl (C=O) groups excluding carboxylic acids is 1. The number of aliphatic hydroxyl groups excluding tert-OH is 1. The van der Waals surface area contributed by atoms with E-state index in [-0.39, 0.29) is 12.6 Å². The van der Waals surface area contributed by atoms with Crippen LogP contribution in [-0.4, -0.2) is 37.0 Å². The third-order valence-corrected chi connectivity index (χ3v) is 8.93. The third kappa shape index (κ3) is 35.7. The Morgan fingerprint density at radius 2 is 0.767 bits per heavy atom. The second kappa shape index (κ2) is 37.6. The highest BCUT2D eigenvalue weighted by Crippen LogP contribution is 2.15. The van der Waals surface area contributed by atoms with Crippen LogP contribution in [0.15, 0.2) is 0 Å².